The van der Waals surface area contributed by atoms with Crippen LogP contribution < -0.4 is 0 Å². The standard InChI is InChI=1S/C25H32N2O6/c1-4-5-6-7-18-8-10-19(11-9-18)22-12-20(25(26-3)33-22)14-27(16-28)24-13-21(30)23(32-24)15-31-17(2)29/h8-12,14,16,21,23-24,30H,4-7,13,15H2,1-3H3/b20-14-,26-25?. The van der Waals surface area contributed by atoms with Gasteiger partial charge < -0.3 is 19.3 Å². The van der Waals surface area contributed by atoms with E-state index in [1.165, 1.54) is 36.6 Å². The van der Waals surface area contributed by atoms with Crippen LogP contribution in [0.5, 0.6) is 0 Å². The molecular formula is C25H32N2O6. The van der Waals surface area contributed by atoms with Gasteiger partial charge in [-0.15, -0.1) is 0 Å². The van der Waals surface area contributed by atoms with Gasteiger partial charge in [-0.05, 0) is 24.5 Å². The molecule has 0 saturated carbocycles. The normalized spacial score (nSPS) is 24.6. The minimum atomic E-state index is -0.851. The van der Waals surface area contributed by atoms with Gasteiger partial charge in [-0.2, -0.15) is 0 Å². The van der Waals surface area contributed by atoms with Gasteiger partial charge in [-0.25, -0.2) is 0 Å². The fraction of sp³-hybridized carbons (Fsp3) is 0.480. The lowest BCUT2D eigenvalue weighted by Gasteiger charge is -2.21. The first-order valence-corrected chi connectivity index (χ1v) is 11.3. The third-order valence-corrected chi connectivity index (χ3v) is 5.65. The highest BCUT2D eigenvalue weighted by Crippen LogP contribution is 2.29. The van der Waals surface area contributed by atoms with Crippen LogP contribution in [0.15, 0.2) is 47.1 Å². The van der Waals surface area contributed by atoms with Gasteiger partial charge in [0.15, 0.2) is 0 Å². The molecule has 0 aromatic heterocycles. The van der Waals surface area contributed by atoms with Crippen molar-refractivity contribution in [3.63, 3.8) is 0 Å². The van der Waals surface area contributed by atoms with Gasteiger partial charge in [0.1, 0.15) is 24.7 Å². The summed E-state index contributed by atoms with van der Waals surface area (Å²) < 4.78 is 16.6. The van der Waals surface area contributed by atoms with E-state index in [-0.39, 0.29) is 13.0 Å². The number of esters is 1. The maximum absolute atomic E-state index is 11.8. The smallest absolute Gasteiger partial charge is 0.302 e. The summed E-state index contributed by atoms with van der Waals surface area (Å²) in [6.45, 7) is 3.41. The van der Waals surface area contributed by atoms with E-state index < -0.39 is 24.4 Å². The molecule has 1 N–H and O–H groups in total. The number of hydrogen-bond donors (Lipinski definition) is 1. The van der Waals surface area contributed by atoms with Crippen LogP contribution in [0.4, 0.5) is 0 Å². The van der Waals surface area contributed by atoms with Crippen molar-refractivity contribution in [2.45, 2.75) is 64.4 Å². The molecule has 0 bridgehead atoms. The number of nitrogens with zero attached hydrogens (tertiary/aromatic N) is 2. The number of aliphatic hydroxyl groups is 1. The molecule has 3 rings (SSSR count). The second-order valence-electron chi connectivity index (χ2n) is 8.17. The Balaban J connectivity index is 1.72. The fourth-order valence-electron chi connectivity index (χ4n) is 3.81. The van der Waals surface area contributed by atoms with Crippen LogP contribution in [0.1, 0.15) is 50.7 Å². The first-order valence-electron chi connectivity index (χ1n) is 11.3. The van der Waals surface area contributed by atoms with Gasteiger partial charge in [0, 0.05) is 32.2 Å². The summed E-state index contributed by atoms with van der Waals surface area (Å²) in [5.74, 6) is 0.578. The van der Waals surface area contributed by atoms with E-state index in [1.54, 1.807) is 13.2 Å². The van der Waals surface area contributed by atoms with Gasteiger partial charge >= 0.3 is 5.97 Å². The summed E-state index contributed by atoms with van der Waals surface area (Å²) in [6.07, 6.45) is 6.66. The molecule has 2 aliphatic heterocycles. The molecule has 0 spiro atoms. The molecule has 2 aliphatic rings. The number of benzene rings is 1. The van der Waals surface area contributed by atoms with Crippen molar-refractivity contribution in [1.29, 1.82) is 0 Å². The summed E-state index contributed by atoms with van der Waals surface area (Å²) in [7, 11) is 1.62. The average molecular weight is 457 g/mol. The van der Waals surface area contributed by atoms with Gasteiger partial charge in [0.05, 0.1) is 11.7 Å². The lowest BCUT2D eigenvalue weighted by Crippen LogP contribution is -2.31. The first kappa shape index (κ1) is 24.7. The van der Waals surface area contributed by atoms with Crippen molar-refractivity contribution >= 4 is 24.0 Å². The number of carbonyl (C=O) groups excluding carboxylic acids is 2. The molecule has 1 saturated heterocycles. The third kappa shape index (κ3) is 6.52. The monoisotopic (exact) mass is 456 g/mol. The van der Waals surface area contributed by atoms with Crippen LogP contribution in [0.2, 0.25) is 0 Å². The Morgan fingerprint density at radius 3 is 2.70 bits per heavy atom. The summed E-state index contributed by atoms with van der Waals surface area (Å²) in [4.78, 5) is 28.3. The van der Waals surface area contributed by atoms with Crippen LogP contribution in [0.3, 0.4) is 0 Å². The van der Waals surface area contributed by atoms with E-state index >= 15 is 0 Å². The molecule has 1 amide bonds. The van der Waals surface area contributed by atoms with E-state index in [9.17, 15) is 14.7 Å². The van der Waals surface area contributed by atoms with Gasteiger partial charge in [0.25, 0.3) is 0 Å². The summed E-state index contributed by atoms with van der Waals surface area (Å²) in [5, 5.41) is 10.2. The van der Waals surface area contributed by atoms with Crippen molar-refractivity contribution in [3.8, 4) is 0 Å². The number of ether oxygens (including phenoxy) is 3. The average Bonchev–Trinajstić information content (AvgIpc) is 3.39. The molecule has 8 nitrogen and oxygen atoms in total. The second kappa shape index (κ2) is 11.8. The number of rotatable bonds is 10. The van der Waals surface area contributed by atoms with Crippen molar-refractivity contribution in [2.75, 3.05) is 13.7 Å². The van der Waals surface area contributed by atoms with Crippen LogP contribution in [-0.4, -0.2) is 60.4 Å². The number of aliphatic hydroxyl groups excluding tert-OH is 1. The fourth-order valence-corrected chi connectivity index (χ4v) is 3.81. The van der Waals surface area contributed by atoms with Crippen LogP contribution in [0, 0.1) is 0 Å². The number of carbonyl (C=O) groups is 2. The highest BCUT2D eigenvalue weighted by Gasteiger charge is 2.37. The summed E-state index contributed by atoms with van der Waals surface area (Å²) in [6, 6.07) is 8.26. The highest BCUT2D eigenvalue weighted by atomic mass is 16.6. The number of aliphatic imine (C=N–C) groups is 1. The molecular weight excluding hydrogens is 424 g/mol. The van der Waals surface area contributed by atoms with Gasteiger partial charge in [-0.1, -0.05) is 44.0 Å². The molecule has 3 unspecified atom stereocenters. The zero-order chi connectivity index (χ0) is 23.8. The molecule has 0 aliphatic carbocycles. The van der Waals surface area contributed by atoms with E-state index in [1.807, 2.05) is 18.2 Å². The van der Waals surface area contributed by atoms with E-state index in [4.69, 9.17) is 14.2 Å². The van der Waals surface area contributed by atoms with E-state index in [0.717, 1.165) is 12.0 Å². The molecule has 1 fully saturated rings. The Labute approximate surface area is 194 Å². The predicted molar refractivity (Wildman–Crippen MR) is 124 cm³/mol. The van der Waals surface area contributed by atoms with Crippen molar-refractivity contribution < 1.29 is 28.9 Å². The maximum Gasteiger partial charge on any atom is 0.302 e. The van der Waals surface area contributed by atoms with Gasteiger partial charge in [-0.3, -0.25) is 19.5 Å². The Hall–Kier alpha value is -2.97. The lowest BCUT2D eigenvalue weighted by molar-refractivity contribution is -0.149. The summed E-state index contributed by atoms with van der Waals surface area (Å²) >= 11 is 0. The predicted octanol–water partition coefficient (Wildman–Crippen LogP) is 3.20. The Kier molecular flexibility index (Phi) is 8.79. The number of hydrogen-bond acceptors (Lipinski definition) is 7. The molecule has 1 aromatic carbocycles. The molecule has 0 radical (unpaired) electrons. The van der Waals surface area contributed by atoms with Crippen LogP contribution in [0.25, 0.3) is 5.76 Å². The highest BCUT2D eigenvalue weighted by molar-refractivity contribution is 6.05. The number of amides is 1. The topological polar surface area (TPSA) is 97.7 Å². The molecule has 1 aromatic rings. The number of unbranched alkanes of at least 4 members (excludes halogenated alkanes) is 2. The summed E-state index contributed by atoms with van der Waals surface area (Å²) in [5.41, 5.74) is 2.83. The van der Waals surface area contributed by atoms with Crippen molar-refractivity contribution in [1.82, 2.24) is 4.90 Å². The Bertz CT molecular complexity index is 921. The van der Waals surface area contributed by atoms with Crippen molar-refractivity contribution in [3.05, 3.63) is 53.2 Å². The minimum Gasteiger partial charge on any atom is -0.463 e. The first-order chi connectivity index (χ1) is 15.9. The number of aryl methyl sites for hydroxylation is 1. The van der Waals surface area contributed by atoms with Crippen LogP contribution in [-0.2, 0) is 30.2 Å². The lowest BCUT2D eigenvalue weighted by atomic mass is 10.0. The maximum atomic E-state index is 11.8. The van der Waals surface area contributed by atoms with Gasteiger partial charge in [0.2, 0.25) is 12.3 Å². The van der Waals surface area contributed by atoms with Crippen LogP contribution >= 0.6 is 0 Å². The second-order valence-corrected chi connectivity index (χ2v) is 8.17. The molecule has 3 atom stereocenters. The molecule has 2 heterocycles. The van der Waals surface area contributed by atoms with E-state index in [0.29, 0.717) is 23.6 Å². The minimum absolute atomic E-state index is 0.0699. The van der Waals surface area contributed by atoms with Crippen molar-refractivity contribution in [2.24, 2.45) is 4.99 Å². The van der Waals surface area contributed by atoms with E-state index in [2.05, 4.69) is 24.0 Å². The molecule has 33 heavy (non-hydrogen) atoms. The Morgan fingerprint density at radius 1 is 1.30 bits per heavy atom. The zero-order valence-corrected chi connectivity index (χ0v) is 19.4. The largest absolute Gasteiger partial charge is 0.463 e. The Morgan fingerprint density at radius 2 is 2.06 bits per heavy atom. The molecule has 178 valence electrons. The molecule has 8 heteroatoms. The quantitative estimate of drug-likeness (QED) is 0.330. The zero-order valence-electron chi connectivity index (χ0n) is 19.4. The SMILES string of the molecule is CCCCCc1ccc(C2=C/C(=C/N(C=O)C3CC(O)C(COC(C)=O)O3)C(=NC)O2)cc1. The third-order valence-electron chi connectivity index (χ3n) is 5.65.